The van der Waals surface area contributed by atoms with Crippen molar-refractivity contribution in [3.8, 4) is 22.8 Å². The second-order valence-corrected chi connectivity index (χ2v) is 9.06. The second-order valence-electron chi connectivity index (χ2n) is 9.06. The highest BCUT2D eigenvalue weighted by atomic mass is 16.7. The van der Waals surface area contributed by atoms with Gasteiger partial charge in [0.05, 0.1) is 17.2 Å². The maximum absolute atomic E-state index is 12.8. The van der Waals surface area contributed by atoms with Gasteiger partial charge in [-0.05, 0) is 50.4 Å². The maximum atomic E-state index is 12.8. The zero-order valence-electron chi connectivity index (χ0n) is 20.5. The maximum Gasteiger partial charge on any atom is 0.334 e. The summed E-state index contributed by atoms with van der Waals surface area (Å²) < 4.78 is 17.9. The van der Waals surface area contributed by atoms with Gasteiger partial charge in [0.15, 0.2) is 0 Å². The number of hydrogen-bond acceptors (Lipinski definition) is 8. The zero-order chi connectivity index (χ0) is 25.1. The van der Waals surface area contributed by atoms with Gasteiger partial charge in [0, 0.05) is 17.7 Å². The van der Waals surface area contributed by atoms with E-state index in [9.17, 15) is 9.59 Å². The van der Waals surface area contributed by atoms with E-state index in [1.165, 1.54) is 0 Å². The number of ether oxygens (including phenoxy) is 2. The molecule has 0 saturated carbocycles. The molecule has 0 amide bonds. The molecule has 1 spiro atoms. The molecule has 0 radical (unpaired) electrons. The number of carbonyl (C=O) groups excluding carboxylic acids is 2. The van der Waals surface area contributed by atoms with Crippen LogP contribution in [0.25, 0.3) is 22.8 Å². The number of benzene rings is 2. The molecule has 8 nitrogen and oxygen atoms in total. The summed E-state index contributed by atoms with van der Waals surface area (Å²) >= 11 is 0. The molecule has 5 rings (SSSR count). The molecule has 0 N–H and O–H groups in total. The van der Waals surface area contributed by atoms with Crippen molar-refractivity contribution in [2.75, 3.05) is 13.1 Å². The minimum atomic E-state index is -1.65. The SMILES string of the molecule is CCCN(CCC)C1CCc2cccc(-c3nc(-c4ccccc4)no3)c2C12OC(=O)C=CC(=O)O2. The standard InChI is InChI=1S/C28H29N3O5/c1-3-17-31(18-4-2)22-14-13-19-11-8-12-21(25(19)28(22)34-23(32)15-16-24(33)35-28)27-29-26(30-36-27)20-9-6-5-7-10-20/h5-12,15-16,22H,3-4,13-14,17-18H2,1-2H3. The monoisotopic (exact) mass is 487 g/mol. The van der Waals surface area contributed by atoms with Crippen LogP contribution in [0, 0.1) is 0 Å². The second kappa shape index (κ2) is 10.1. The van der Waals surface area contributed by atoms with Crippen molar-refractivity contribution >= 4 is 11.9 Å². The predicted molar refractivity (Wildman–Crippen MR) is 132 cm³/mol. The minimum absolute atomic E-state index is 0.271. The fraction of sp³-hybridized carbons (Fsp3) is 0.357. The van der Waals surface area contributed by atoms with Crippen LogP contribution in [0.5, 0.6) is 0 Å². The smallest absolute Gasteiger partial charge is 0.334 e. The Morgan fingerprint density at radius 3 is 2.31 bits per heavy atom. The lowest BCUT2D eigenvalue weighted by atomic mass is 9.79. The number of aryl methyl sites for hydroxylation is 1. The van der Waals surface area contributed by atoms with E-state index in [-0.39, 0.29) is 11.9 Å². The average Bonchev–Trinajstić information content (AvgIpc) is 3.33. The van der Waals surface area contributed by atoms with Crippen molar-refractivity contribution in [3.63, 3.8) is 0 Å². The molecule has 0 saturated heterocycles. The molecule has 3 aromatic rings. The van der Waals surface area contributed by atoms with Crippen LogP contribution in [0.1, 0.15) is 44.2 Å². The third-order valence-electron chi connectivity index (χ3n) is 6.64. The van der Waals surface area contributed by atoms with E-state index in [4.69, 9.17) is 14.0 Å². The first-order valence-electron chi connectivity index (χ1n) is 12.5. The summed E-state index contributed by atoms with van der Waals surface area (Å²) in [5, 5.41) is 4.18. The molecule has 0 bridgehead atoms. The van der Waals surface area contributed by atoms with Gasteiger partial charge in [0.1, 0.15) is 0 Å². The first kappa shape index (κ1) is 23.9. The number of aromatic nitrogens is 2. The Labute approximate surface area is 209 Å². The van der Waals surface area contributed by atoms with E-state index in [1.54, 1.807) is 0 Å². The Hall–Kier alpha value is -3.78. The lowest BCUT2D eigenvalue weighted by Crippen LogP contribution is -2.57. The fourth-order valence-electron chi connectivity index (χ4n) is 5.27. The van der Waals surface area contributed by atoms with Gasteiger partial charge >= 0.3 is 17.7 Å². The summed E-state index contributed by atoms with van der Waals surface area (Å²) in [5.74, 6) is -2.19. The number of carbonyl (C=O) groups is 2. The highest BCUT2D eigenvalue weighted by Crippen LogP contribution is 2.47. The van der Waals surface area contributed by atoms with E-state index in [0.717, 1.165) is 55.6 Å². The quantitative estimate of drug-likeness (QED) is 0.445. The first-order valence-corrected chi connectivity index (χ1v) is 12.5. The number of nitrogens with zero attached hydrogens (tertiary/aromatic N) is 3. The summed E-state index contributed by atoms with van der Waals surface area (Å²) in [6, 6.07) is 14.9. The molecule has 0 fully saturated rings. The number of fused-ring (bicyclic) bond motifs is 2. The van der Waals surface area contributed by atoms with Gasteiger partial charge in [-0.3, -0.25) is 4.90 Å². The van der Waals surface area contributed by atoms with Gasteiger partial charge in [-0.15, -0.1) is 0 Å². The van der Waals surface area contributed by atoms with Gasteiger partial charge in [-0.2, -0.15) is 4.98 Å². The molecular weight excluding hydrogens is 458 g/mol. The van der Waals surface area contributed by atoms with Crippen LogP contribution < -0.4 is 0 Å². The first-order chi connectivity index (χ1) is 17.6. The molecule has 2 aliphatic rings. The molecule has 36 heavy (non-hydrogen) atoms. The van der Waals surface area contributed by atoms with E-state index < -0.39 is 17.7 Å². The van der Waals surface area contributed by atoms with Crippen LogP contribution in [-0.4, -0.2) is 46.1 Å². The number of hydrogen-bond donors (Lipinski definition) is 0. The van der Waals surface area contributed by atoms with E-state index >= 15 is 0 Å². The Bertz CT molecular complexity index is 1260. The van der Waals surface area contributed by atoms with Crippen molar-refractivity contribution in [1.82, 2.24) is 15.0 Å². The van der Waals surface area contributed by atoms with Crippen LogP contribution in [0.2, 0.25) is 0 Å². The zero-order valence-corrected chi connectivity index (χ0v) is 20.5. The van der Waals surface area contributed by atoms with Gasteiger partial charge in [-0.25, -0.2) is 9.59 Å². The number of esters is 2. The van der Waals surface area contributed by atoms with Gasteiger partial charge in [0.25, 0.3) is 5.89 Å². The Morgan fingerprint density at radius 2 is 1.64 bits per heavy atom. The van der Waals surface area contributed by atoms with Gasteiger partial charge in [0.2, 0.25) is 5.82 Å². The van der Waals surface area contributed by atoms with Crippen LogP contribution in [0.4, 0.5) is 0 Å². The summed E-state index contributed by atoms with van der Waals surface area (Å²) in [5.41, 5.74) is 2.91. The summed E-state index contributed by atoms with van der Waals surface area (Å²) in [6.07, 6.45) is 5.44. The third kappa shape index (κ3) is 4.33. The van der Waals surface area contributed by atoms with Crippen molar-refractivity contribution < 1.29 is 23.6 Å². The highest BCUT2D eigenvalue weighted by molar-refractivity contribution is 5.94. The molecule has 1 aliphatic heterocycles. The molecule has 186 valence electrons. The molecule has 2 aromatic carbocycles. The Kier molecular flexibility index (Phi) is 6.69. The Balaban J connectivity index is 1.69. The van der Waals surface area contributed by atoms with Crippen LogP contribution in [0.15, 0.2) is 65.2 Å². The highest BCUT2D eigenvalue weighted by Gasteiger charge is 2.55. The topological polar surface area (TPSA) is 94.8 Å². The van der Waals surface area contributed by atoms with Crippen LogP contribution >= 0.6 is 0 Å². The van der Waals surface area contributed by atoms with E-state index in [1.807, 2.05) is 48.5 Å². The van der Waals surface area contributed by atoms with Crippen molar-refractivity contribution in [2.45, 2.75) is 51.4 Å². The average molecular weight is 488 g/mol. The fourth-order valence-corrected chi connectivity index (χ4v) is 5.27. The van der Waals surface area contributed by atoms with Crippen molar-refractivity contribution in [1.29, 1.82) is 0 Å². The lowest BCUT2D eigenvalue weighted by molar-refractivity contribution is -0.254. The molecule has 1 aliphatic carbocycles. The Morgan fingerprint density at radius 1 is 0.944 bits per heavy atom. The molecule has 2 heterocycles. The van der Waals surface area contributed by atoms with Crippen molar-refractivity contribution in [2.24, 2.45) is 0 Å². The lowest BCUT2D eigenvalue weighted by Gasteiger charge is -2.47. The molecule has 1 unspecified atom stereocenters. The van der Waals surface area contributed by atoms with E-state index in [2.05, 4.69) is 28.9 Å². The normalized spacial score (nSPS) is 18.6. The predicted octanol–water partition coefficient (Wildman–Crippen LogP) is 4.65. The molecule has 1 aromatic heterocycles. The van der Waals surface area contributed by atoms with Gasteiger partial charge < -0.3 is 14.0 Å². The summed E-state index contributed by atoms with van der Waals surface area (Å²) in [6.45, 7) is 5.76. The van der Waals surface area contributed by atoms with Crippen molar-refractivity contribution in [3.05, 3.63) is 71.8 Å². The molecule has 1 atom stereocenters. The van der Waals surface area contributed by atoms with Crippen LogP contribution in [-0.2, 0) is 31.3 Å². The summed E-state index contributed by atoms with van der Waals surface area (Å²) in [4.78, 5) is 32.6. The summed E-state index contributed by atoms with van der Waals surface area (Å²) in [7, 11) is 0. The molecule has 8 heteroatoms. The van der Waals surface area contributed by atoms with Gasteiger partial charge in [-0.1, -0.05) is 61.5 Å². The largest absolute Gasteiger partial charge is 0.413 e. The molecular formula is C28H29N3O5. The van der Waals surface area contributed by atoms with E-state index in [0.29, 0.717) is 23.4 Å². The third-order valence-corrected chi connectivity index (χ3v) is 6.64. The van der Waals surface area contributed by atoms with Crippen LogP contribution in [0.3, 0.4) is 0 Å². The minimum Gasteiger partial charge on any atom is -0.413 e. The number of rotatable bonds is 7.